The fraction of sp³-hybridized carbons (Fsp3) is 0.192. The Kier molecular flexibility index (Phi) is 4.78. The van der Waals surface area contributed by atoms with Gasteiger partial charge in [-0.1, -0.05) is 24.3 Å². The third-order valence-corrected chi connectivity index (χ3v) is 7.11. The molecule has 3 aliphatic rings. The Morgan fingerprint density at radius 3 is 2.56 bits per heavy atom. The summed E-state index contributed by atoms with van der Waals surface area (Å²) in [6.45, 7) is 0. The van der Waals surface area contributed by atoms with Gasteiger partial charge in [0.05, 0.1) is 36.2 Å². The zero-order chi connectivity index (χ0) is 25.1. The molecular weight excluding hydrogens is 466 g/mol. The van der Waals surface area contributed by atoms with Gasteiger partial charge in [0, 0.05) is 18.3 Å². The highest BCUT2D eigenvalue weighted by molar-refractivity contribution is 6.25. The molecule has 2 aromatic carbocycles. The number of amides is 2. The van der Waals surface area contributed by atoms with Gasteiger partial charge >= 0.3 is 0 Å². The second-order valence-electron chi connectivity index (χ2n) is 8.80. The number of Topliss-reactive ketones (excluding diaryl/α,β-unsaturated/α-hetero) is 1. The summed E-state index contributed by atoms with van der Waals surface area (Å²) in [4.78, 5) is 55.0. The fourth-order valence-corrected chi connectivity index (χ4v) is 5.63. The molecule has 0 N–H and O–H groups in total. The van der Waals surface area contributed by atoms with Crippen molar-refractivity contribution < 1.29 is 28.5 Å². The largest absolute Gasteiger partial charge is 0.495 e. The first-order valence-electron chi connectivity index (χ1n) is 11.2. The van der Waals surface area contributed by atoms with Gasteiger partial charge in [0.15, 0.2) is 5.76 Å². The second kappa shape index (κ2) is 7.91. The van der Waals surface area contributed by atoms with Crippen LogP contribution in [0.3, 0.4) is 0 Å². The van der Waals surface area contributed by atoms with Crippen LogP contribution in [0.15, 0.2) is 71.5 Å². The molecule has 2 saturated heterocycles. The number of imide groups is 1. The van der Waals surface area contributed by atoms with E-state index in [1.165, 1.54) is 31.6 Å². The van der Waals surface area contributed by atoms with Gasteiger partial charge in [0.1, 0.15) is 17.5 Å². The maximum Gasteiger partial charge on any atom is 0.271 e. The first-order valence-corrected chi connectivity index (χ1v) is 11.2. The van der Waals surface area contributed by atoms with E-state index < -0.39 is 46.4 Å². The number of nitro benzene ring substituents is 1. The van der Waals surface area contributed by atoms with Gasteiger partial charge in [-0.25, -0.2) is 4.90 Å². The molecule has 2 amide bonds. The number of nitrogens with zero attached hydrogens (tertiary/aromatic N) is 3. The Hall–Kier alpha value is -4.73. The highest BCUT2D eigenvalue weighted by Crippen LogP contribution is 2.54. The summed E-state index contributed by atoms with van der Waals surface area (Å²) in [5, 5.41) is 11.4. The maximum atomic E-state index is 14.0. The average Bonchev–Trinajstić information content (AvgIpc) is 3.60. The summed E-state index contributed by atoms with van der Waals surface area (Å²) in [6.07, 6.45) is 4.97. The molecule has 0 radical (unpaired) electrons. The number of carbonyl (C=O) groups excluding carboxylic acids is 3. The molecule has 10 heteroatoms. The maximum absolute atomic E-state index is 14.0. The molecule has 36 heavy (non-hydrogen) atoms. The lowest BCUT2D eigenvalue weighted by molar-refractivity contribution is -0.384. The van der Waals surface area contributed by atoms with Crippen LogP contribution in [-0.2, 0) is 9.59 Å². The molecule has 1 unspecified atom stereocenters. The molecule has 180 valence electrons. The van der Waals surface area contributed by atoms with Gasteiger partial charge in [-0.3, -0.25) is 24.5 Å². The highest BCUT2D eigenvalue weighted by atomic mass is 16.6. The third kappa shape index (κ3) is 2.94. The van der Waals surface area contributed by atoms with E-state index in [4.69, 9.17) is 9.15 Å². The topological polar surface area (TPSA) is 123 Å². The number of nitro groups is 1. The molecule has 6 rings (SSSR count). The lowest BCUT2D eigenvalue weighted by Crippen LogP contribution is -2.44. The molecule has 0 aliphatic carbocycles. The summed E-state index contributed by atoms with van der Waals surface area (Å²) >= 11 is 0. The number of hydrogen-bond acceptors (Lipinski definition) is 8. The number of anilines is 1. The molecule has 1 aromatic heterocycles. The van der Waals surface area contributed by atoms with Crippen LogP contribution < -0.4 is 9.64 Å². The van der Waals surface area contributed by atoms with Crippen LogP contribution in [0.1, 0.15) is 27.7 Å². The van der Waals surface area contributed by atoms with Gasteiger partial charge in [0.2, 0.25) is 17.6 Å². The second-order valence-corrected chi connectivity index (χ2v) is 8.80. The zero-order valence-electron chi connectivity index (χ0n) is 18.9. The standard InChI is InChI=1S/C26H19N3O7/c1-35-18-9-8-15(29(33)34)13-17(18)28-25(31)20-21(26(28)32)23(24(30)19-7-4-12-36-19)27-11-10-14-5-2-3-6-16(14)22(20)27/h2-13,20-23H,1H3/t20-,21+,22?,23-/m0/s1. The number of hydrogen-bond donors (Lipinski definition) is 0. The smallest absolute Gasteiger partial charge is 0.271 e. The third-order valence-electron chi connectivity index (χ3n) is 7.11. The number of ether oxygens (including phenoxy) is 1. The van der Waals surface area contributed by atoms with Crippen molar-refractivity contribution in [2.75, 3.05) is 12.0 Å². The van der Waals surface area contributed by atoms with Crippen LogP contribution in [-0.4, -0.2) is 40.6 Å². The van der Waals surface area contributed by atoms with Crippen molar-refractivity contribution >= 4 is 35.0 Å². The number of fused-ring (bicyclic) bond motifs is 5. The van der Waals surface area contributed by atoms with E-state index in [-0.39, 0.29) is 22.9 Å². The molecule has 0 saturated carbocycles. The quantitative estimate of drug-likeness (QED) is 0.232. The molecular formula is C26H19N3O7. The predicted molar refractivity (Wildman–Crippen MR) is 126 cm³/mol. The number of rotatable bonds is 5. The molecule has 4 atom stereocenters. The minimum absolute atomic E-state index is 0.0218. The van der Waals surface area contributed by atoms with Crippen molar-refractivity contribution in [3.63, 3.8) is 0 Å². The van der Waals surface area contributed by atoms with Crippen LogP contribution in [0.5, 0.6) is 5.75 Å². The highest BCUT2D eigenvalue weighted by Gasteiger charge is 2.65. The summed E-state index contributed by atoms with van der Waals surface area (Å²) in [5.41, 5.74) is 1.39. The number of non-ortho nitro benzene ring substituents is 1. The lowest BCUT2D eigenvalue weighted by Gasteiger charge is -2.35. The SMILES string of the molecule is COc1ccc([N+](=O)[O-])cc1N1C(=O)[C@@H]2[C@H](C1=O)C1c3ccccc3C=CN1[C@@H]2C(=O)c1ccco1. The van der Waals surface area contributed by atoms with E-state index in [1.807, 2.05) is 30.3 Å². The van der Waals surface area contributed by atoms with Crippen molar-refractivity contribution in [1.29, 1.82) is 0 Å². The Morgan fingerprint density at radius 1 is 1.06 bits per heavy atom. The first kappa shape index (κ1) is 21.8. The fourth-order valence-electron chi connectivity index (χ4n) is 5.63. The van der Waals surface area contributed by atoms with Crippen molar-refractivity contribution in [3.8, 4) is 5.75 Å². The molecule has 0 spiro atoms. The van der Waals surface area contributed by atoms with Gasteiger partial charge in [-0.15, -0.1) is 0 Å². The van der Waals surface area contributed by atoms with E-state index in [0.717, 1.165) is 22.1 Å². The Labute approximate surface area is 204 Å². The average molecular weight is 485 g/mol. The Balaban J connectivity index is 1.52. The minimum atomic E-state index is -1.03. The van der Waals surface area contributed by atoms with E-state index in [1.54, 1.807) is 17.2 Å². The van der Waals surface area contributed by atoms with Crippen molar-refractivity contribution in [1.82, 2.24) is 4.90 Å². The Morgan fingerprint density at radius 2 is 1.83 bits per heavy atom. The van der Waals surface area contributed by atoms with Crippen molar-refractivity contribution in [2.24, 2.45) is 11.8 Å². The Bertz CT molecular complexity index is 1460. The predicted octanol–water partition coefficient (Wildman–Crippen LogP) is 3.59. The van der Waals surface area contributed by atoms with Crippen LogP contribution in [0.25, 0.3) is 6.08 Å². The molecule has 2 fully saturated rings. The summed E-state index contributed by atoms with van der Waals surface area (Å²) in [7, 11) is 1.35. The van der Waals surface area contributed by atoms with E-state index in [2.05, 4.69) is 0 Å². The number of furan rings is 1. The van der Waals surface area contributed by atoms with Gasteiger partial charge in [0.25, 0.3) is 5.69 Å². The number of benzene rings is 2. The monoisotopic (exact) mass is 485 g/mol. The first-order chi connectivity index (χ1) is 17.4. The molecule has 3 aromatic rings. The van der Waals surface area contributed by atoms with Crippen LogP contribution >= 0.6 is 0 Å². The van der Waals surface area contributed by atoms with Crippen LogP contribution in [0, 0.1) is 22.0 Å². The van der Waals surface area contributed by atoms with E-state index >= 15 is 0 Å². The van der Waals surface area contributed by atoms with Crippen LogP contribution in [0.2, 0.25) is 0 Å². The summed E-state index contributed by atoms with van der Waals surface area (Å²) < 4.78 is 10.7. The normalized spacial score (nSPS) is 23.9. The van der Waals surface area contributed by atoms with E-state index in [9.17, 15) is 24.5 Å². The molecule has 4 heterocycles. The molecule has 3 aliphatic heterocycles. The summed E-state index contributed by atoms with van der Waals surface area (Å²) in [5.74, 6) is -3.28. The van der Waals surface area contributed by atoms with Gasteiger partial charge in [-0.05, 0) is 35.4 Å². The number of ketones is 1. The van der Waals surface area contributed by atoms with Gasteiger partial charge in [-0.2, -0.15) is 0 Å². The summed E-state index contributed by atoms with van der Waals surface area (Å²) in [6, 6.07) is 12.8. The minimum Gasteiger partial charge on any atom is -0.495 e. The van der Waals surface area contributed by atoms with Crippen LogP contribution in [0.4, 0.5) is 11.4 Å². The molecule has 0 bridgehead atoms. The van der Waals surface area contributed by atoms with Crippen molar-refractivity contribution in [3.05, 3.63) is 94.1 Å². The zero-order valence-corrected chi connectivity index (χ0v) is 18.9. The molecule has 10 nitrogen and oxygen atoms in total. The van der Waals surface area contributed by atoms with E-state index in [0.29, 0.717) is 0 Å². The number of methoxy groups -OCH3 is 1. The van der Waals surface area contributed by atoms with Crippen molar-refractivity contribution in [2.45, 2.75) is 12.1 Å². The number of carbonyl (C=O) groups is 3. The van der Waals surface area contributed by atoms with Gasteiger partial charge < -0.3 is 14.1 Å². The lowest BCUT2D eigenvalue weighted by atomic mass is 9.84.